The lowest BCUT2D eigenvalue weighted by Crippen LogP contribution is -2.55. The second-order valence-corrected chi connectivity index (χ2v) is 7.51. The zero-order valence-corrected chi connectivity index (χ0v) is 15.9. The van der Waals surface area contributed by atoms with Crippen LogP contribution in [0.5, 0.6) is 0 Å². The van der Waals surface area contributed by atoms with E-state index in [1.165, 1.54) is 0 Å². The Labute approximate surface area is 159 Å². The molecule has 0 spiro atoms. The highest BCUT2D eigenvalue weighted by molar-refractivity contribution is 5.76. The number of aliphatic hydroxyl groups is 1. The second kappa shape index (κ2) is 8.15. The molecule has 6 nitrogen and oxygen atoms in total. The molecule has 1 aliphatic rings. The molecule has 0 saturated carbocycles. The standard InChI is InChI=1S/C21H27N3O3/c1-3-8-21(20(26)27)14-24(9-7-18(21)25)13-16-11-22-19(23-12-16)17-6-4-5-15(2)10-17/h4-6,10-12,18,25H,3,7-9,13-14H2,1-2H3,(H,26,27)/t18-,21-/m1/s1. The monoisotopic (exact) mass is 369 g/mol. The first-order valence-corrected chi connectivity index (χ1v) is 9.46. The molecule has 1 aromatic carbocycles. The normalized spacial score (nSPS) is 23.3. The topological polar surface area (TPSA) is 86.5 Å². The van der Waals surface area contributed by atoms with Crippen LogP contribution in [0.3, 0.4) is 0 Å². The Balaban J connectivity index is 1.72. The molecule has 1 aromatic heterocycles. The van der Waals surface area contributed by atoms with Crippen LogP contribution in [0, 0.1) is 12.3 Å². The Hall–Kier alpha value is -2.31. The maximum absolute atomic E-state index is 11.9. The fraction of sp³-hybridized carbons (Fsp3) is 0.476. The highest BCUT2D eigenvalue weighted by Gasteiger charge is 2.48. The summed E-state index contributed by atoms with van der Waals surface area (Å²) in [7, 11) is 0. The average molecular weight is 369 g/mol. The van der Waals surface area contributed by atoms with Gasteiger partial charge in [-0.25, -0.2) is 9.97 Å². The van der Waals surface area contributed by atoms with Crippen molar-refractivity contribution in [2.45, 2.75) is 45.8 Å². The number of likely N-dealkylation sites (tertiary alicyclic amines) is 1. The van der Waals surface area contributed by atoms with Gasteiger partial charge in [-0.05, 0) is 25.8 Å². The Morgan fingerprint density at radius 3 is 2.70 bits per heavy atom. The largest absolute Gasteiger partial charge is 0.481 e. The minimum atomic E-state index is -1.09. The fourth-order valence-electron chi connectivity index (χ4n) is 3.94. The molecule has 1 saturated heterocycles. The number of aryl methyl sites for hydroxylation is 1. The van der Waals surface area contributed by atoms with Crippen molar-refractivity contribution in [3.8, 4) is 11.4 Å². The molecule has 0 radical (unpaired) electrons. The Morgan fingerprint density at radius 1 is 1.33 bits per heavy atom. The van der Waals surface area contributed by atoms with Gasteiger partial charge in [-0.15, -0.1) is 0 Å². The molecule has 0 unspecified atom stereocenters. The highest BCUT2D eigenvalue weighted by Crippen LogP contribution is 2.36. The first kappa shape index (κ1) is 19.5. The van der Waals surface area contributed by atoms with Crippen molar-refractivity contribution in [1.29, 1.82) is 0 Å². The van der Waals surface area contributed by atoms with E-state index in [1.807, 2.05) is 38.1 Å². The number of hydrogen-bond donors (Lipinski definition) is 2. The minimum absolute atomic E-state index is 0.344. The zero-order valence-electron chi connectivity index (χ0n) is 15.9. The molecule has 144 valence electrons. The third-order valence-electron chi connectivity index (χ3n) is 5.37. The van der Waals surface area contributed by atoms with Gasteiger partial charge in [-0.3, -0.25) is 9.69 Å². The molecule has 1 aliphatic heterocycles. The lowest BCUT2D eigenvalue weighted by atomic mass is 9.74. The van der Waals surface area contributed by atoms with E-state index in [1.54, 1.807) is 12.4 Å². The summed E-state index contributed by atoms with van der Waals surface area (Å²) >= 11 is 0. The van der Waals surface area contributed by atoms with Crippen molar-refractivity contribution in [1.82, 2.24) is 14.9 Å². The number of carbonyl (C=O) groups is 1. The molecule has 0 bridgehead atoms. The molecule has 2 aromatic rings. The number of rotatable bonds is 6. The summed E-state index contributed by atoms with van der Waals surface area (Å²) in [5, 5.41) is 20.1. The van der Waals surface area contributed by atoms with Gasteiger partial charge in [0, 0.05) is 43.2 Å². The smallest absolute Gasteiger partial charge is 0.313 e. The first-order chi connectivity index (χ1) is 12.9. The van der Waals surface area contributed by atoms with E-state index in [-0.39, 0.29) is 0 Å². The van der Waals surface area contributed by atoms with Crippen molar-refractivity contribution in [3.63, 3.8) is 0 Å². The fourth-order valence-corrected chi connectivity index (χ4v) is 3.94. The van der Waals surface area contributed by atoms with Crippen molar-refractivity contribution in [2.75, 3.05) is 13.1 Å². The van der Waals surface area contributed by atoms with Crippen molar-refractivity contribution >= 4 is 5.97 Å². The van der Waals surface area contributed by atoms with Gasteiger partial charge < -0.3 is 10.2 Å². The van der Waals surface area contributed by atoms with E-state index in [2.05, 4.69) is 14.9 Å². The zero-order chi connectivity index (χ0) is 19.4. The minimum Gasteiger partial charge on any atom is -0.481 e. The van der Waals surface area contributed by atoms with Crippen LogP contribution in [0.4, 0.5) is 0 Å². The van der Waals surface area contributed by atoms with Crippen molar-refractivity contribution in [2.24, 2.45) is 5.41 Å². The molecule has 1 fully saturated rings. The van der Waals surface area contributed by atoms with Crippen LogP contribution in [-0.2, 0) is 11.3 Å². The summed E-state index contributed by atoms with van der Waals surface area (Å²) in [5.41, 5.74) is 2.00. The molecular weight excluding hydrogens is 342 g/mol. The molecule has 2 heterocycles. The van der Waals surface area contributed by atoms with Gasteiger partial charge >= 0.3 is 5.97 Å². The van der Waals surface area contributed by atoms with E-state index < -0.39 is 17.5 Å². The van der Waals surface area contributed by atoms with E-state index in [0.717, 1.165) is 23.1 Å². The summed E-state index contributed by atoms with van der Waals surface area (Å²) in [6.45, 7) is 5.58. The number of aliphatic carboxylic acids is 1. The number of benzene rings is 1. The maximum atomic E-state index is 11.9. The molecule has 27 heavy (non-hydrogen) atoms. The van der Waals surface area contributed by atoms with Gasteiger partial charge in [0.25, 0.3) is 0 Å². The molecule has 2 atom stereocenters. The van der Waals surface area contributed by atoms with Crippen LogP contribution in [0.2, 0.25) is 0 Å². The molecule has 3 rings (SSSR count). The quantitative estimate of drug-likeness (QED) is 0.814. The van der Waals surface area contributed by atoms with Gasteiger partial charge in [0.05, 0.1) is 6.10 Å². The summed E-state index contributed by atoms with van der Waals surface area (Å²) in [4.78, 5) is 22.9. The lowest BCUT2D eigenvalue weighted by Gasteiger charge is -2.43. The third kappa shape index (κ3) is 4.17. The first-order valence-electron chi connectivity index (χ1n) is 9.46. The van der Waals surface area contributed by atoms with Gasteiger partial charge in [-0.1, -0.05) is 37.1 Å². The van der Waals surface area contributed by atoms with E-state index in [0.29, 0.717) is 38.3 Å². The number of carboxylic acids is 1. The number of aromatic nitrogens is 2. The molecular formula is C21H27N3O3. The average Bonchev–Trinajstić information content (AvgIpc) is 2.65. The third-order valence-corrected chi connectivity index (χ3v) is 5.37. The summed E-state index contributed by atoms with van der Waals surface area (Å²) in [6.07, 6.45) is 4.48. The van der Waals surface area contributed by atoms with Crippen molar-refractivity contribution < 1.29 is 15.0 Å². The van der Waals surface area contributed by atoms with Crippen LogP contribution in [-0.4, -0.2) is 50.2 Å². The highest BCUT2D eigenvalue weighted by atomic mass is 16.4. The van der Waals surface area contributed by atoms with Crippen LogP contribution >= 0.6 is 0 Å². The Bertz CT molecular complexity index is 794. The number of piperidine rings is 1. The van der Waals surface area contributed by atoms with Crippen LogP contribution < -0.4 is 0 Å². The van der Waals surface area contributed by atoms with Crippen LogP contribution in [0.25, 0.3) is 11.4 Å². The number of carboxylic acid groups (broad SMARTS) is 1. The van der Waals surface area contributed by atoms with Gasteiger partial charge in [-0.2, -0.15) is 0 Å². The SMILES string of the molecule is CCC[C@@]1(C(=O)O)CN(Cc2cnc(-c3cccc(C)c3)nc2)CC[C@H]1O. The van der Waals surface area contributed by atoms with E-state index in [4.69, 9.17) is 0 Å². The molecule has 6 heteroatoms. The molecule has 2 N–H and O–H groups in total. The van der Waals surface area contributed by atoms with E-state index in [9.17, 15) is 15.0 Å². The summed E-state index contributed by atoms with van der Waals surface area (Å²) in [5.74, 6) is -0.227. The Kier molecular flexibility index (Phi) is 5.87. The van der Waals surface area contributed by atoms with E-state index >= 15 is 0 Å². The predicted octanol–water partition coefficient (Wildman–Crippen LogP) is 2.89. The van der Waals surface area contributed by atoms with Gasteiger partial charge in [0.1, 0.15) is 5.41 Å². The second-order valence-electron chi connectivity index (χ2n) is 7.51. The Morgan fingerprint density at radius 2 is 2.07 bits per heavy atom. The number of aliphatic hydroxyl groups excluding tert-OH is 1. The van der Waals surface area contributed by atoms with Crippen molar-refractivity contribution in [3.05, 3.63) is 47.8 Å². The number of nitrogens with zero attached hydrogens (tertiary/aromatic N) is 3. The number of hydrogen-bond acceptors (Lipinski definition) is 5. The van der Waals surface area contributed by atoms with Gasteiger partial charge in [0.15, 0.2) is 5.82 Å². The maximum Gasteiger partial charge on any atom is 0.313 e. The van der Waals surface area contributed by atoms with Crippen LogP contribution in [0.15, 0.2) is 36.7 Å². The summed E-state index contributed by atoms with van der Waals surface area (Å²) in [6, 6.07) is 8.06. The molecule has 0 amide bonds. The van der Waals surface area contributed by atoms with Gasteiger partial charge in [0.2, 0.25) is 0 Å². The lowest BCUT2D eigenvalue weighted by molar-refractivity contribution is -0.164. The summed E-state index contributed by atoms with van der Waals surface area (Å²) < 4.78 is 0. The molecule has 0 aliphatic carbocycles. The predicted molar refractivity (Wildman–Crippen MR) is 103 cm³/mol. The van der Waals surface area contributed by atoms with Crippen LogP contribution in [0.1, 0.15) is 37.3 Å².